The summed E-state index contributed by atoms with van der Waals surface area (Å²) in [6, 6.07) is 54.7. The van der Waals surface area contributed by atoms with E-state index in [1.54, 1.807) is 0 Å². The summed E-state index contributed by atoms with van der Waals surface area (Å²) < 4.78 is 21.4. The van der Waals surface area contributed by atoms with E-state index in [0.717, 1.165) is 94.2 Å². The van der Waals surface area contributed by atoms with E-state index in [-0.39, 0.29) is 0 Å². The number of benzene rings is 7. The maximum absolute atomic E-state index is 6.50. The van der Waals surface area contributed by atoms with Crippen molar-refractivity contribution in [2.75, 3.05) is 4.90 Å². The number of aromatic nitrogens is 1. The number of para-hydroxylation sites is 4. The molecule has 5 heteroatoms. The van der Waals surface area contributed by atoms with Crippen LogP contribution in [0.2, 0.25) is 0 Å². The van der Waals surface area contributed by atoms with Crippen LogP contribution in [0.4, 0.5) is 17.1 Å². The van der Waals surface area contributed by atoms with Crippen LogP contribution in [-0.4, -0.2) is 4.57 Å². The second-order valence-electron chi connectivity index (χ2n) is 12.5. The highest BCUT2D eigenvalue weighted by Gasteiger charge is 2.21. The van der Waals surface area contributed by atoms with E-state index in [4.69, 9.17) is 13.3 Å². The molecule has 0 unspecified atom stereocenters. The molecule has 0 saturated heterocycles. The van der Waals surface area contributed by atoms with E-state index in [1.807, 2.05) is 36.4 Å². The first-order valence-corrected chi connectivity index (χ1v) is 16.4. The van der Waals surface area contributed by atoms with E-state index < -0.39 is 0 Å². The Kier molecular flexibility index (Phi) is 5.32. The minimum absolute atomic E-state index is 0.844. The van der Waals surface area contributed by atoms with Crippen LogP contribution in [-0.2, 0) is 0 Å². The Balaban J connectivity index is 1.10. The summed E-state index contributed by atoms with van der Waals surface area (Å²) in [4.78, 5) is 2.26. The fourth-order valence-corrected chi connectivity index (χ4v) is 7.60. The molecular formula is C44H26N2O3. The topological polar surface area (TPSA) is 47.6 Å². The predicted molar refractivity (Wildman–Crippen MR) is 200 cm³/mol. The highest BCUT2D eigenvalue weighted by Crippen LogP contribution is 2.42. The van der Waals surface area contributed by atoms with Gasteiger partial charge in [0.15, 0.2) is 0 Å². The Labute approximate surface area is 279 Å². The van der Waals surface area contributed by atoms with Crippen LogP contribution in [0.3, 0.4) is 0 Å². The Bertz CT molecular complexity index is 2950. The van der Waals surface area contributed by atoms with Gasteiger partial charge in [-0.25, -0.2) is 0 Å². The summed E-state index contributed by atoms with van der Waals surface area (Å²) in [6.07, 6.45) is 0. The number of anilines is 3. The first kappa shape index (κ1) is 26.4. The second kappa shape index (κ2) is 9.89. The zero-order chi connectivity index (χ0) is 32.1. The highest BCUT2D eigenvalue weighted by atomic mass is 16.3. The minimum Gasteiger partial charge on any atom is -0.456 e. The lowest BCUT2D eigenvalue weighted by molar-refractivity contribution is 0.645. The number of hydrogen-bond donors (Lipinski definition) is 0. The van der Waals surface area contributed by atoms with Crippen molar-refractivity contribution in [1.82, 2.24) is 4.57 Å². The molecule has 0 atom stereocenters. The molecule has 0 amide bonds. The first-order valence-electron chi connectivity index (χ1n) is 16.4. The van der Waals surface area contributed by atoms with Gasteiger partial charge in [-0.1, -0.05) is 72.8 Å². The van der Waals surface area contributed by atoms with Crippen LogP contribution >= 0.6 is 0 Å². The van der Waals surface area contributed by atoms with Crippen LogP contribution in [0, 0.1) is 0 Å². The number of furan rings is 3. The quantitative estimate of drug-likeness (QED) is 0.194. The second-order valence-corrected chi connectivity index (χ2v) is 12.5. The third-order valence-corrected chi connectivity index (χ3v) is 9.80. The van der Waals surface area contributed by atoms with Gasteiger partial charge in [0, 0.05) is 67.2 Å². The molecule has 5 nitrogen and oxygen atoms in total. The standard InChI is InChI=1S/C44H26N2O3/c1-5-13-37-35(11-1)43-36-12-4-8-16-40(36)49-44(43)46(37)28-19-17-27(18-20-28)45(29-21-23-33-31-9-2-6-14-38(31)47-41(33)25-29)30-22-24-34-32-10-3-7-15-39(32)48-42(34)26-30/h1-26H. The van der Waals surface area contributed by atoms with Gasteiger partial charge in [-0.05, 0) is 72.8 Å². The summed E-state index contributed by atoms with van der Waals surface area (Å²) in [6.45, 7) is 0. The SMILES string of the molecule is c1ccc2c(c1)oc1cc(N(c3ccc(-n4c5ccccc5c5c6ccccc6oc54)cc3)c3ccc4c(c3)oc3ccccc34)ccc12. The zero-order valence-electron chi connectivity index (χ0n) is 26.1. The molecular weight excluding hydrogens is 604 g/mol. The van der Waals surface area contributed by atoms with Gasteiger partial charge in [-0.3, -0.25) is 4.57 Å². The van der Waals surface area contributed by atoms with Crippen LogP contribution in [0.5, 0.6) is 0 Å². The van der Waals surface area contributed by atoms with Crippen molar-refractivity contribution in [3.05, 3.63) is 158 Å². The summed E-state index contributed by atoms with van der Waals surface area (Å²) >= 11 is 0. The van der Waals surface area contributed by atoms with Gasteiger partial charge in [0.1, 0.15) is 27.9 Å². The number of hydrogen-bond acceptors (Lipinski definition) is 4. The average molecular weight is 631 g/mol. The number of nitrogens with zero attached hydrogens (tertiary/aromatic N) is 2. The molecule has 0 aliphatic heterocycles. The molecule has 0 radical (unpaired) electrons. The van der Waals surface area contributed by atoms with E-state index in [1.165, 1.54) is 5.39 Å². The molecule has 0 spiro atoms. The van der Waals surface area contributed by atoms with Gasteiger partial charge in [-0.2, -0.15) is 0 Å². The van der Waals surface area contributed by atoms with Crippen molar-refractivity contribution >= 4 is 93.9 Å². The maximum atomic E-state index is 6.50. The molecule has 4 aromatic heterocycles. The minimum atomic E-state index is 0.844. The summed E-state index contributed by atoms with van der Waals surface area (Å²) in [5.74, 6) is 0. The normalized spacial score (nSPS) is 12.1. The molecule has 7 aromatic carbocycles. The first-order chi connectivity index (χ1) is 24.3. The van der Waals surface area contributed by atoms with E-state index >= 15 is 0 Å². The highest BCUT2D eigenvalue weighted by molar-refractivity contribution is 6.20. The molecule has 0 aliphatic rings. The van der Waals surface area contributed by atoms with Crippen molar-refractivity contribution in [3.8, 4) is 5.69 Å². The smallest absolute Gasteiger partial charge is 0.213 e. The van der Waals surface area contributed by atoms with E-state index in [2.05, 4.69) is 131 Å². The van der Waals surface area contributed by atoms with Crippen molar-refractivity contribution in [2.24, 2.45) is 0 Å². The molecule has 0 bridgehead atoms. The third-order valence-electron chi connectivity index (χ3n) is 9.80. The largest absolute Gasteiger partial charge is 0.456 e. The maximum Gasteiger partial charge on any atom is 0.213 e. The van der Waals surface area contributed by atoms with Crippen molar-refractivity contribution in [3.63, 3.8) is 0 Å². The molecule has 4 heterocycles. The van der Waals surface area contributed by atoms with Gasteiger partial charge in [-0.15, -0.1) is 0 Å². The van der Waals surface area contributed by atoms with Gasteiger partial charge >= 0.3 is 0 Å². The molecule has 0 saturated carbocycles. The number of fused-ring (bicyclic) bond motifs is 11. The fraction of sp³-hybridized carbons (Fsp3) is 0. The summed E-state index contributed by atoms with van der Waals surface area (Å²) in [7, 11) is 0. The Hall–Kier alpha value is -6.72. The van der Waals surface area contributed by atoms with Crippen molar-refractivity contribution < 1.29 is 13.3 Å². The molecule has 0 N–H and O–H groups in total. The van der Waals surface area contributed by atoms with Crippen molar-refractivity contribution in [1.29, 1.82) is 0 Å². The lowest BCUT2D eigenvalue weighted by atomic mass is 10.1. The van der Waals surface area contributed by atoms with Crippen molar-refractivity contribution in [2.45, 2.75) is 0 Å². The lowest BCUT2D eigenvalue weighted by Crippen LogP contribution is -2.10. The van der Waals surface area contributed by atoms with Crippen LogP contribution < -0.4 is 4.90 Å². The third kappa shape index (κ3) is 3.81. The van der Waals surface area contributed by atoms with Crippen LogP contribution in [0.15, 0.2) is 171 Å². The molecule has 11 rings (SSSR count). The van der Waals surface area contributed by atoms with E-state index in [9.17, 15) is 0 Å². The van der Waals surface area contributed by atoms with Crippen LogP contribution in [0.25, 0.3) is 82.5 Å². The number of rotatable bonds is 4. The fourth-order valence-electron chi connectivity index (χ4n) is 7.60. The van der Waals surface area contributed by atoms with Gasteiger partial charge < -0.3 is 18.2 Å². The zero-order valence-corrected chi connectivity index (χ0v) is 26.1. The monoisotopic (exact) mass is 630 g/mol. The predicted octanol–water partition coefficient (Wildman–Crippen LogP) is 12.8. The van der Waals surface area contributed by atoms with Gasteiger partial charge in [0.25, 0.3) is 0 Å². The van der Waals surface area contributed by atoms with Gasteiger partial charge in [0.2, 0.25) is 5.71 Å². The molecule has 11 aromatic rings. The Morgan fingerprint density at radius 2 is 0.837 bits per heavy atom. The van der Waals surface area contributed by atoms with Gasteiger partial charge in [0.05, 0.1) is 10.9 Å². The molecule has 49 heavy (non-hydrogen) atoms. The Morgan fingerprint density at radius 1 is 0.367 bits per heavy atom. The van der Waals surface area contributed by atoms with Crippen LogP contribution in [0.1, 0.15) is 0 Å². The lowest BCUT2D eigenvalue weighted by Gasteiger charge is -2.25. The van der Waals surface area contributed by atoms with E-state index in [0.29, 0.717) is 0 Å². The average Bonchev–Trinajstić information content (AvgIpc) is 3.90. The molecule has 0 aliphatic carbocycles. The summed E-state index contributed by atoms with van der Waals surface area (Å²) in [5.41, 5.74) is 10.3. The summed E-state index contributed by atoms with van der Waals surface area (Å²) in [5, 5.41) is 7.84. The molecule has 230 valence electrons. The Morgan fingerprint density at radius 3 is 1.45 bits per heavy atom. The molecule has 0 fully saturated rings.